The van der Waals surface area contributed by atoms with Gasteiger partial charge in [-0.3, -0.25) is 14.4 Å². The maximum atomic E-state index is 12.9. The van der Waals surface area contributed by atoms with E-state index in [9.17, 15) is 14.4 Å². The van der Waals surface area contributed by atoms with Crippen LogP contribution < -0.4 is 11.3 Å². The molecule has 1 aliphatic rings. The number of nitrogens with zero attached hydrogens (tertiary/aromatic N) is 2. The fourth-order valence-corrected chi connectivity index (χ4v) is 3.04. The minimum atomic E-state index is -0.394. The Balaban J connectivity index is 2.01. The molecule has 7 heteroatoms. The molecule has 2 amide bonds. The highest BCUT2D eigenvalue weighted by atomic mass is 16.2. The summed E-state index contributed by atoms with van der Waals surface area (Å²) in [5.74, 6) is -1.03. The van der Waals surface area contributed by atoms with Crippen LogP contribution in [0.3, 0.4) is 0 Å². The summed E-state index contributed by atoms with van der Waals surface area (Å²) in [7, 11) is 0. The van der Waals surface area contributed by atoms with E-state index in [1.54, 1.807) is 29.2 Å². The zero-order valence-corrected chi connectivity index (χ0v) is 12.8. The van der Waals surface area contributed by atoms with Gasteiger partial charge < -0.3 is 10.6 Å². The largest absolute Gasteiger partial charge is 0.369 e. The third-order valence-corrected chi connectivity index (χ3v) is 4.44. The molecule has 3 N–H and O–H groups in total. The summed E-state index contributed by atoms with van der Waals surface area (Å²) in [6.07, 6.45) is 1.39. The summed E-state index contributed by atoms with van der Waals surface area (Å²) in [6, 6.07) is 6.83. The molecule has 0 bridgehead atoms. The molecule has 0 radical (unpaired) electrons. The Kier molecular flexibility index (Phi) is 3.85. The number of hydrogen-bond donors (Lipinski definition) is 2. The first kappa shape index (κ1) is 15.2. The summed E-state index contributed by atoms with van der Waals surface area (Å²) in [4.78, 5) is 37.8. The third kappa shape index (κ3) is 2.69. The number of carbonyl (C=O) groups is 2. The van der Waals surface area contributed by atoms with Crippen molar-refractivity contribution in [2.24, 2.45) is 11.7 Å². The van der Waals surface area contributed by atoms with Crippen LogP contribution in [0.1, 0.15) is 30.3 Å². The molecule has 23 heavy (non-hydrogen) atoms. The monoisotopic (exact) mass is 314 g/mol. The molecular weight excluding hydrogens is 296 g/mol. The van der Waals surface area contributed by atoms with Gasteiger partial charge in [-0.05, 0) is 25.8 Å². The fourth-order valence-electron chi connectivity index (χ4n) is 3.04. The Hall–Kier alpha value is -2.70. The van der Waals surface area contributed by atoms with Crippen molar-refractivity contribution < 1.29 is 9.59 Å². The van der Waals surface area contributed by atoms with E-state index < -0.39 is 5.91 Å². The van der Waals surface area contributed by atoms with Crippen molar-refractivity contribution in [3.8, 4) is 0 Å². The number of hydrogen-bond acceptors (Lipinski definition) is 4. The number of carbonyl (C=O) groups excluding carboxylic acids is 2. The number of aromatic nitrogens is 2. The molecule has 2 aromatic rings. The second-order valence-corrected chi connectivity index (χ2v) is 5.93. The number of nitrogens with one attached hydrogen (secondary N) is 1. The first-order valence-corrected chi connectivity index (χ1v) is 7.56. The maximum Gasteiger partial charge on any atom is 0.275 e. The van der Waals surface area contributed by atoms with Gasteiger partial charge in [0.2, 0.25) is 5.91 Å². The number of benzene rings is 1. The predicted molar refractivity (Wildman–Crippen MR) is 84.8 cm³/mol. The molecule has 0 spiro atoms. The number of fused-ring (bicyclic) bond motifs is 1. The van der Waals surface area contributed by atoms with Crippen LogP contribution in [-0.4, -0.2) is 39.5 Å². The Morgan fingerprint density at radius 2 is 1.96 bits per heavy atom. The maximum absolute atomic E-state index is 12.9. The minimum absolute atomic E-state index is 0.00871. The van der Waals surface area contributed by atoms with Gasteiger partial charge in [-0.15, -0.1) is 0 Å². The molecule has 1 aromatic heterocycles. The lowest BCUT2D eigenvalue weighted by Gasteiger charge is -2.36. The number of likely N-dealkylation sites (tertiary alicyclic amines) is 1. The summed E-state index contributed by atoms with van der Waals surface area (Å²) in [5.41, 5.74) is 5.24. The van der Waals surface area contributed by atoms with E-state index in [0.29, 0.717) is 23.6 Å². The predicted octanol–water partition coefficient (Wildman–Crippen LogP) is 0.649. The molecule has 1 aromatic carbocycles. The molecule has 3 rings (SSSR count). The molecular formula is C16H18N4O3. The van der Waals surface area contributed by atoms with Crippen molar-refractivity contribution in [2.75, 3.05) is 6.54 Å². The van der Waals surface area contributed by atoms with Gasteiger partial charge in [0.25, 0.3) is 11.5 Å². The molecule has 1 saturated heterocycles. The highest BCUT2D eigenvalue weighted by molar-refractivity contribution is 6.05. The summed E-state index contributed by atoms with van der Waals surface area (Å²) in [6.45, 7) is 2.22. The standard InChI is InChI=1S/C16H18N4O3/c1-9-6-7-10(14(17)21)8-20(9)16(23)13-11-4-2-3-5-12(11)15(22)19-18-13/h2-5,9-10H,6-8H2,1H3,(H2,17,21)(H,19,22)/t9-,10+/m1/s1. The van der Waals surface area contributed by atoms with Crippen molar-refractivity contribution in [1.29, 1.82) is 0 Å². The molecule has 120 valence electrons. The van der Waals surface area contributed by atoms with Crippen molar-refractivity contribution in [3.05, 3.63) is 40.3 Å². The number of H-pyrrole nitrogens is 1. The molecule has 2 atom stereocenters. The zero-order valence-electron chi connectivity index (χ0n) is 12.8. The van der Waals surface area contributed by atoms with Crippen LogP contribution in [0.4, 0.5) is 0 Å². The molecule has 0 unspecified atom stereocenters. The molecule has 0 aliphatic carbocycles. The van der Waals surface area contributed by atoms with E-state index in [1.807, 2.05) is 6.92 Å². The van der Waals surface area contributed by atoms with Gasteiger partial charge in [0, 0.05) is 18.0 Å². The van der Waals surface area contributed by atoms with Crippen LogP contribution >= 0.6 is 0 Å². The van der Waals surface area contributed by atoms with E-state index in [2.05, 4.69) is 10.2 Å². The summed E-state index contributed by atoms with van der Waals surface area (Å²) >= 11 is 0. The third-order valence-electron chi connectivity index (χ3n) is 4.44. The first-order valence-electron chi connectivity index (χ1n) is 7.56. The molecule has 1 fully saturated rings. The topological polar surface area (TPSA) is 109 Å². The highest BCUT2D eigenvalue weighted by Crippen LogP contribution is 2.24. The van der Waals surface area contributed by atoms with E-state index in [-0.39, 0.29) is 35.7 Å². The first-order chi connectivity index (χ1) is 11.0. The highest BCUT2D eigenvalue weighted by Gasteiger charge is 2.33. The second kappa shape index (κ2) is 5.83. The SMILES string of the molecule is C[C@@H]1CC[C@H](C(N)=O)CN1C(=O)c1n[nH]c(=O)c2ccccc12. The number of piperidine rings is 1. The Morgan fingerprint density at radius 3 is 2.65 bits per heavy atom. The fraction of sp³-hybridized carbons (Fsp3) is 0.375. The van der Waals surface area contributed by atoms with Crippen LogP contribution in [0.5, 0.6) is 0 Å². The van der Waals surface area contributed by atoms with Gasteiger partial charge >= 0.3 is 0 Å². The molecule has 0 saturated carbocycles. The van der Waals surface area contributed by atoms with Crippen LogP contribution in [0.2, 0.25) is 0 Å². The van der Waals surface area contributed by atoms with Gasteiger partial charge in [-0.2, -0.15) is 5.10 Å². The lowest BCUT2D eigenvalue weighted by atomic mass is 9.92. The average molecular weight is 314 g/mol. The van der Waals surface area contributed by atoms with Crippen molar-refractivity contribution in [1.82, 2.24) is 15.1 Å². The van der Waals surface area contributed by atoms with E-state index in [0.717, 1.165) is 0 Å². The molecule has 1 aliphatic heterocycles. The number of nitrogens with two attached hydrogens (primary N) is 1. The van der Waals surface area contributed by atoms with Crippen LogP contribution in [0.25, 0.3) is 10.8 Å². The molecule has 7 nitrogen and oxygen atoms in total. The van der Waals surface area contributed by atoms with E-state index >= 15 is 0 Å². The van der Waals surface area contributed by atoms with E-state index in [4.69, 9.17) is 5.73 Å². The number of rotatable bonds is 2. The van der Waals surface area contributed by atoms with Gasteiger partial charge in [0.05, 0.1) is 11.3 Å². The second-order valence-electron chi connectivity index (χ2n) is 5.93. The summed E-state index contributed by atoms with van der Waals surface area (Å²) < 4.78 is 0. The number of aromatic amines is 1. The van der Waals surface area contributed by atoms with Crippen LogP contribution in [0.15, 0.2) is 29.1 Å². The van der Waals surface area contributed by atoms with Crippen LogP contribution in [0, 0.1) is 5.92 Å². The van der Waals surface area contributed by atoms with Gasteiger partial charge in [-0.1, -0.05) is 18.2 Å². The Labute approximate surface area is 132 Å². The quantitative estimate of drug-likeness (QED) is 0.848. The Bertz CT molecular complexity index is 829. The van der Waals surface area contributed by atoms with Crippen molar-refractivity contribution >= 4 is 22.6 Å². The number of amides is 2. The number of primary amides is 1. The molecule has 2 heterocycles. The van der Waals surface area contributed by atoms with Crippen LogP contribution in [-0.2, 0) is 4.79 Å². The zero-order chi connectivity index (χ0) is 16.6. The van der Waals surface area contributed by atoms with Gasteiger partial charge in [0.1, 0.15) is 0 Å². The van der Waals surface area contributed by atoms with Gasteiger partial charge in [-0.25, -0.2) is 5.10 Å². The summed E-state index contributed by atoms with van der Waals surface area (Å²) in [5, 5.41) is 7.24. The Morgan fingerprint density at radius 1 is 1.26 bits per heavy atom. The minimum Gasteiger partial charge on any atom is -0.369 e. The van der Waals surface area contributed by atoms with E-state index in [1.165, 1.54) is 0 Å². The normalized spacial score (nSPS) is 21.3. The lowest BCUT2D eigenvalue weighted by Crippen LogP contribution is -2.49. The average Bonchev–Trinajstić information content (AvgIpc) is 2.55. The van der Waals surface area contributed by atoms with Gasteiger partial charge in [0.15, 0.2) is 5.69 Å². The van der Waals surface area contributed by atoms with Crippen molar-refractivity contribution in [3.63, 3.8) is 0 Å². The lowest BCUT2D eigenvalue weighted by molar-refractivity contribution is -0.123. The van der Waals surface area contributed by atoms with Crippen molar-refractivity contribution in [2.45, 2.75) is 25.8 Å². The smallest absolute Gasteiger partial charge is 0.275 e.